The Kier molecular flexibility index (Phi) is 2.83. The molecule has 2 rings (SSSR count). The van der Waals surface area contributed by atoms with Gasteiger partial charge in [-0.15, -0.1) is 0 Å². The quantitative estimate of drug-likeness (QED) is 0.647. The molecule has 14 heavy (non-hydrogen) atoms. The van der Waals surface area contributed by atoms with E-state index >= 15 is 0 Å². The van der Waals surface area contributed by atoms with E-state index in [1.54, 1.807) is 0 Å². The molecule has 1 aliphatic carbocycles. The molecule has 1 fully saturated rings. The van der Waals surface area contributed by atoms with Crippen LogP contribution in [0, 0.1) is 5.92 Å². The molecule has 0 radical (unpaired) electrons. The van der Waals surface area contributed by atoms with Crippen molar-refractivity contribution < 1.29 is 9.15 Å². The fourth-order valence-corrected chi connectivity index (χ4v) is 1.07. The summed E-state index contributed by atoms with van der Waals surface area (Å²) in [6.07, 6.45) is 2.63. The van der Waals surface area contributed by atoms with E-state index in [4.69, 9.17) is 14.9 Å². The summed E-state index contributed by atoms with van der Waals surface area (Å²) in [6, 6.07) is 0.420. The smallest absolute Gasteiger partial charge is 0.316 e. The number of nitrogen functional groups attached to an aromatic ring is 1. The number of hydrogen-bond donors (Lipinski definition) is 2. The minimum atomic E-state index is 0.0754. The Hall–Kier alpha value is -1.30. The zero-order valence-corrected chi connectivity index (χ0v) is 7.90. The topological polar surface area (TPSA) is 86.2 Å². The van der Waals surface area contributed by atoms with Gasteiger partial charge in [-0.1, -0.05) is 10.2 Å². The van der Waals surface area contributed by atoms with Gasteiger partial charge in [-0.25, -0.2) is 0 Å². The Balaban J connectivity index is 1.53. The molecule has 78 valence electrons. The van der Waals surface area contributed by atoms with Crippen LogP contribution in [0.15, 0.2) is 4.42 Å². The van der Waals surface area contributed by atoms with Gasteiger partial charge in [0.05, 0.1) is 6.61 Å². The lowest BCUT2D eigenvalue weighted by Gasteiger charge is -2.02. The average Bonchev–Trinajstić information content (AvgIpc) is 2.89. The number of hydrogen-bond acceptors (Lipinski definition) is 6. The molecule has 6 nitrogen and oxygen atoms in total. The highest BCUT2D eigenvalue weighted by Crippen LogP contribution is 2.28. The zero-order chi connectivity index (χ0) is 9.80. The van der Waals surface area contributed by atoms with E-state index in [0.717, 1.165) is 12.5 Å². The van der Waals surface area contributed by atoms with E-state index in [0.29, 0.717) is 19.2 Å². The van der Waals surface area contributed by atoms with Crippen LogP contribution < -0.4 is 11.1 Å². The van der Waals surface area contributed by atoms with Crippen molar-refractivity contribution in [2.24, 2.45) is 5.92 Å². The Morgan fingerprint density at radius 1 is 1.50 bits per heavy atom. The van der Waals surface area contributed by atoms with Crippen LogP contribution in [0.25, 0.3) is 0 Å². The maximum atomic E-state index is 5.40. The lowest BCUT2D eigenvalue weighted by Crippen LogP contribution is -2.10. The third kappa shape index (κ3) is 2.88. The van der Waals surface area contributed by atoms with Crippen molar-refractivity contribution in [1.29, 1.82) is 0 Å². The Morgan fingerprint density at radius 2 is 2.36 bits per heavy atom. The molecule has 1 heterocycles. The standard InChI is InChI=1S/C8H14N4O2/c9-7-11-12-8(14-7)10-3-4-13-5-6-1-2-6/h6H,1-5H2,(H2,9,11)(H,10,12). The number of rotatable bonds is 6. The van der Waals surface area contributed by atoms with Crippen LogP contribution in [0.5, 0.6) is 0 Å². The minimum absolute atomic E-state index is 0.0754. The lowest BCUT2D eigenvalue weighted by molar-refractivity contribution is 0.133. The van der Waals surface area contributed by atoms with Crippen molar-refractivity contribution in [3.8, 4) is 0 Å². The summed E-state index contributed by atoms with van der Waals surface area (Å²) < 4.78 is 10.3. The molecule has 0 amide bonds. The predicted molar refractivity (Wildman–Crippen MR) is 50.7 cm³/mol. The van der Waals surface area contributed by atoms with E-state index in [1.807, 2.05) is 0 Å². The van der Waals surface area contributed by atoms with Gasteiger partial charge in [0.25, 0.3) is 0 Å². The molecule has 0 saturated heterocycles. The molecule has 0 atom stereocenters. The van der Waals surface area contributed by atoms with Crippen molar-refractivity contribution in [2.45, 2.75) is 12.8 Å². The summed E-state index contributed by atoms with van der Waals surface area (Å²) in [4.78, 5) is 0. The fourth-order valence-electron chi connectivity index (χ4n) is 1.07. The minimum Gasteiger partial charge on any atom is -0.390 e. The number of nitrogens with two attached hydrogens (primary N) is 1. The molecule has 6 heteroatoms. The summed E-state index contributed by atoms with van der Waals surface area (Å²) >= 11 is 0. The summed E-state index contributed by atoms with van der Waals surface area (Å²) in [5.41, 5.74) is 5.25. The first-order valence-electron chi connectivity index (χ1n) is 4.75. The zero-order valence-electron chi connectivity index (χ0n) is 7.90. The van der Waals surface area contributed by atoms with Crippen LogP contribution in [-0.4, -0.2) is 30.0 Å². The molecule has 1 aromatic heterocycles. The first-order chi connectivity index (χ1) is 6.84. The second kappa shape index (κ2) is 4.28. The molecular weight excluding hydrogens is 184 g/mol. The highest BCUT2D eigenvalue weighted by molar-refractivity contribution is 5.21. The van der Waals surface area contributed by atoms with Crippen molar-refractivity contribution in [3.63, 3.8) is 0 Å². The molecular formula is C8H14N4O2. The van der Waals surface area contributed by atoms with E-state index in [9.17, 15) is 0 Å². The third-order valence-corrected chi connectivity index (χ3v) is 2.01. The normalized spacial score (nSPS) is 15.7. The van der Waals surface area contributed by atoms with Gasteiger partial charge in [-0.2, -0.15) is 0 Å². The second-order valence-corrected chi connectivity index (χ2v) is 3.39. The van der Waals surface area contributed by atoms with Crippen LogP contribution in [0.4, 0.5) is 12.0 Å². The predicted octanol–water partition coefficient (Wildman–Crippen LogP) is 0.490. The summed E-state index contributed by atoms with van der Waals surface area (Å²) in [5.74, 6) is 0.800. The summed E-state index contributed by atoms with van der Waals surface area (Å²) in [6.45, 7) is 2.18. The van der Waals surface area contributed by atoms with Gasteiger partial charge in [0.2, 0.25) is 0 Å². The molecule has 0 aliphatic heterocycles. The lowest BCUT2D eigenvalue weighted by atomic mass is 10.5. The Morgan fingerprint density at radius 3 is 3.00 bits per heavy atom. The maximum Gasteiger partial charge on any atom is 0.316 e. The van der Waals surface area contributed by atoms with Crippen LogP contribution in [0.3, 0.4) is 0 Å². The summed E-state index contributed by atoms with van der Waals surface area (Å²) in [5, 5.41) is 10.1. The largest absolute Gasteiger partial charge is 0.390 e. The molecule has 0 spiro atoms. The van der Waals surface area contributed by atoms with Crippen LogP contribution in [-0.2, 0) is 4.74 Å². The number of aromatic nitrogens is 2. The highest BCUT2D eigenvalue weighted by Gasteiger charge is 2.20. The number of nitrogens with zero attached hydrogens (tertiary/aromatic N) is 2. The maximum absolute atomic E-state index is 5.40. The number of ether oxygens (including phenoxy) is 1. The van der Waals surface area contributed by atoms with Crippen LogP contribution in [0.1, 0.15) is 12.8 Å². The number of nitrogens with one attached hydrogen (secondary N) is 1. The third-order valence-electron chi connectivity index (χ3n) is 2.01. The van der Waals surface area contributed by atoms with E-state index in [2.05, 4.69) is 15.5 Å². The first kappa shape index (κ1) is 9.26. The van der Waals surface area contributed by atoms with Gasteiger partial charge in [-0.05, 0) is 18.8 Å². The van der Waals surface area contributed by atoms with Crippen LogP contribution in [0.2, 0.25) is 0 Å². The molecule has 0 unspecified atom stereocenters. The molecule has 1 aliphatic rings. The van der Waals surface area contributed by atoms with Crippen molar-refractivity contribution in [2.75, 3.05) is 30.8 Å². The van der Waals surface area contributed by atoms with Gasteiger partial charge in [0.15, 0.2) is 0 Å². The Bertz CT molecular complexity index is 285. The van der Waals surface area contributed by atoms with Crippen molar-refractivity contribution in [1.82, 2.24) is 10.2 Å². The van der Waals surface area contributed by atoms with Crippen LogP contribution >= 0.6 is 0 Å². The van der Waals surface area contributed by atoms with E-state index in [-0.39, 0.29) is 6.01 Å². The average molecular weight is 198 g/mol. The van der Waals surface area contributed by atoms with E-state index < -0.39 is 0 Å². The van der Waals surface area contributed by atoms with Gasteiger partial charge >= 0.3 is 12.0 Å². The monoisotopic (exact) mass is 198 g/mol. The first-order valence-corrected chi connectivity index (χ1v) is 4.75. The Labute approximate surface area is 81.8 Å². The molecule has 1 aromatic rings. The van der Waals surface area contributed by atoms with Crippen molar-refractivity contribution in [3.05, 3.63) is 0 Å². The highest BCUT2D eigenvalue weighted by atomic mass is 16.5. The molecule has 1 saturated carbocycles. The van der Waals surface area contributed by atoms with Gasteiger partial charge < -0.3 is 20.2 Å². The SMILES string of the molecule is Nc1nnc(NCCOCC2CC2)o1. The van der Waals surface area contributed by atoms with Gasteiger partial charge in [0, 0.05) is 13.2 Å². The molecule has 0 bridgehead atoms. The molecule has 0 aromatic carbocycles. The van der Waals surface area contributed by atoms with E-state index in [1.165, 1.54) is 12.8 Å². The fraction of sp³-hybridized carbons (Fsp3) is 0.750. The van der Waals surface area contributed by atoms with Crippen molar-refractivity contribution >= 4 is 12.0 Å². The summed E-state index contributed by atoms with van der Waals surface area (Å²) in [7, 11) is 0. The number of anilines is 2. The van der Waals surface area contributed by atoms with Gasteiger partial charge in [-0.3, -0.25) is 0 Å². The molecule has 3 N–H and O–H groups in total. The second-order valence-electron chi connectivity index (χ2n) is 3.39. The van der Waals surface area contributed by atoms with Gasteiger partial charge in [0.1, 0.15) is 0 Å².